The Labute approximate surface area is 156 Å². The largest absolute Gasteiger partial charge is 0.342 e. The van der Waals surface area contributed by atoms with Gasteiger partial charge in [-0.25, -0.2) is 0 Å². The molecular weight excluding hydrogens is 378 g/mol. The van der Waals surface area contributed by atoms with Gasteiger partial charge in [0.05, 0.1) is 16.5 Å². The maximum absolute atomic E-state index is 12.3. The Morgan fingerprint density at radius 1 is 1.15 bits per heavy atom. The average Bonchev–Trinajstić information content (AvgIpc) is 2.97. The normalized spacial score (nSPS) is 10.5. The molecular formula is C17H12ClN3O4S. The number of nitrogens with one attached hydrogen (secondary N) is 2. The number of carbonyl (C=O) groups excluding carboxylic acids is 2. The molecule has 0 atom stereocenters. The van der Waals surface area contributed by atoms with E-state index in [0.717, 1.165) is 10.1 Å². The summed E-state index contributed by atoms with van der Waals surface area (Å²) < 4.78 is 0.878. The first-order valence-electron chi connectivity index (χ1n) is 7.45. The van der Waals surface area contributed by atoms with Crippen molar-refractivity contribution in [3.63, 3.8) is 0 Å². The molecule has 0 spiro atoms. The molecule has 0 radical (unpaired) electrons. The van der Waals surface area contributed by atoms with Gasteiger partial charge in [-0.15, -0.1) is 11.3 Å². The number of amides is 2. The number of nitro benzene ring substituents is 1. The molecule has 1 aromatic heterocycles. The van der Waals surface area contributed by atoms with E-state index in [0.29, 0.717) is 9.90 Å². The van der Waals surface area contributed by atoms with Crippen LogP contribution in [0.2, 0.25) is 5.02 Å². The Kier molecular flexibility index (Phi) is 5.15. The van der Waals surface area contributed by atoms with E-state index >= 15 is 0 Å². The van der Waals surface area contributed by atoms with Crippen LogP contribution in [-0.2, 0) is 4.79 Å². The van der Waals surface area contributed by atoms with Crippen molar-refractivity contribution in [1.29, 1.82) is 0 Å². The molecule has 2 aromatic carbocycles. The lowest BCUT2D eigenvalue weighted by Gasteiger charge is -2.06. The van der Waals surface area contributed by atoms with Crippen molar-refractivity contribution in [3.8, 4) is 0 Å². The maximum Gasteiger partial charge on any atom is 0.271 e. The number of anilines is 1. The zero-order valence-corrected chi connectivity index (χ0v) is 14.8. The summed E-state index contributed by atoms with van der Waals surface area (Å²) in [6.07, 6.45) is 0. The molecule has 3 aromatic rings. The third-order valence-electron chi connectivity index (χ3n) is 3.49. The van der Waals surface area contributed by atoms with Crippen LogP contribution in [0.5, 0.6) is 0 Å². The molecule has 0 saturated heterocycles. The second-order valence-corrected chi connectivity index (χ2v) is 6.71. The molecule has 0 aliphatic rings. The van der Waals surface area contributed by atoms with Crippen LogP contribution in [0.25, 0.3) is 10.1 Å². The number of hydrogen-bond donors (Lipinski definition) is 2. The van der Waals surface area contributed by atoms with Crippen molar-refractivity contribution in [2.24, 2.45) is 0 Å². The SMILES string of the molecule is O=C(CNC(=O)c1sc2ccccc2c1Cl)Nc1cccc([N+](=O)[O-])c1. The van der Waals surface area contributed by atoms with Crippen molar-refractivity contribution < 1.29 is 14.5 Å². The van der Waals surface area contributed by atoms with E-state index in [2.05, 4.69) is 10.6 Å². The van der Waals surface area contributed by atoms with Gasteiger partial charge in [-0.2, -0.15) is 0 Å². The Hall–Kier alpha value is -2.97. The molecule has 26 heavy (non-hydrogen) atoms. The first kappa shape index (κ1) is 17.8. The quantitative estimate of drug-likeness (QED) is 0.511. The van der Waals surface area contributed by atoms with E-state index < -0.39 is 16.7 Å². The van der Waals surface area contributed by atoms with Crippen LogP contribution in [0.1, 0.15) is 9.67 Å². The summed E-state index contributed by atoms with van der Waals surface area (Å²) in [6.45, 7) is -0.286. The lowest BCUT2D eigenvalue weighted by molar-refractivity contribution is -0.384. The first-order valence-corrected chi connectivity index (χ1v) is 8.64. The van der Waals surface area contributed by atoms with Crippen LogP contribution in [-0.4, -0.2) is 23.3 Å². The predicted octanol–water partition coefficient (Wildman–Crippen LogP) is 3.83. The summed E-state index contributed by atoms with van der Waals surface area (Å²) in [5.41, 5.74) is 0.141. The molecule has 2 amide bonds. The third-order valence-corrected chi connectivity index (χ3v) is 5.17. The van der Waals surface area contributed by atoms with Crippen molar-refractivity contribution >= 4 is 56.2 Å². The van der Waals surface area contributed by atoms with Crippen molar-refractivity contribution in [2.45, 2.75) is 0 Å². The molecule has 0 aliphatic carbocycles. The molecule has 0 aliphatic heterocycles. The van der Waals surface area contributed by atoms with E-state index in [-0.39, 0.29) is 17.9 Å². The van der Waals surface area contributed by atoms with Crippen molar-refractivity contribution in [3.05, 3.63) is 68.5 Å². The second-order valence-electron chi connectivity index (χ2n) is 5.28. The summed E-state index contributed by atoms with van der Waals surface area (Å²) in [5.74, 6) is -0.957. The molecule has 0 bridgehead atoms. The zero-order chi connectivity index (χ0) is 18.7. The number of nitro groups is 1. The molecule has 132 valence electrons. The molecule has 7 nitrogen and oxygen atoms in total. The van der Waals surface area contributed by atoms with Crippen LogP contribution in [0, 0.1) is 10.1 Å². The molecule has 3 rings (SSSR count). The molecule has 2 N–H and O–H groups in total. The van der Waals surface area contributed by atoms with E-state index in [1.165, 1.54) is 35.6 Å². The summed E-state index contributed by atoms with van der Waals surface area (Å²) in [4.78, 5) is 34.8. The number of hydrogen-bond acceptors (Lipinski definition) is 5. The fraction of sp³-hybridized carbons (Fsp3) is 0.0588. The second kappa shape index (κ2) is 7.51. The van der Waals surface area contributed by atoms with Gasteiger partial charge in [0.2, 0.25) is 5.91 Å². The van der Waals surface area contributed by atoms with E-state index in [9.17, 15) is 19.7 Å². The molecule has 0 saturated carbocycles. The Morgan fingerprint density at radius 2 is 1.92 bits per heavy atom. The summed E-state index contributed by atoms with van der Waals surface area (Å²) in [7, 11) is 0. The third kappa shape index (κ3) is 3.81. The Bertz CT molecular complexity index is 1020. The van der Waals surface area contributed by atoms with Gasteiger partial charge < -0.3 is 10.6 Å². The van der Waals surface area contributed by atoms with Crippen LogP contribution < -0.4 is 10.6 Å². The van der Waals surface area contributed by atoms with Gasteiger partial charge in [0.1, 0.15) is 4.88 Å². The number of non-ortho nitro benzene ring substituents is 1. The van der Waals surface area contributed by atoms with Gasteiger partial charge in [0.25, 0.3) is 11.6 Å². The van der Waals surface area contributed by atoms with Gasteiger partial charge in [-0.3, -0.25) is 19.7 Å². The minimum absolute atomic E-state index is 0.135. The highest BCUT2D eigenvalue weighted by Gasteiger charge is 2.17. The number of fused-ring (bicyclic) bond motifs is 1. The predicted molar refractivity (Wildman–Crippen MR) is 101 cm³/mol. The standard InChI is InChI=1S/C17H12ClN3O4S/c18-15-12-6-1-2-7-13(12)26-16(15)17(23)19-9-14(22)20-10-4-3-5-11(8-10)21(24)25/h1-8H,9H2,(H,19,23)(H,20,22). The number of rotatable bonds is 5. The first-order chi connectivity index (χ1) is 12.5. The monoisotopic (exact) mass is 389 g/mol. The number of halogens is 1. The number of carbonyl (C=O) groups is 2. The fourth-order valence-corrected chi connectivity index (χ4v) is 3.74. The van der Waals surface area contributed by atoms with E-state index in [4.69, 9.17) is 11.6 Å². The zero-order valence-electron chi connectivity index (χ0n) is 13.2. The summed E-state index contributed by atoms with van der Waals surface area (Å²) in [5, 5.41) is 16.9. The summed E-state index contributed by atoms with van der Waals surface area (Å²) >= 11 is 7.47. The summed E-state index contributed by atoms with van der Waals surface area (Å²) in [6, 6.07) is 12.9. The van der Waals surface area contributed by atoms with Crippen LogP contribution in [0.4, 0.5) is 11.4 Å². The highest BCUT2D eigenvalue weighted by atomic mass is 35.5. The fourth-order valence-electron chi connectivity index (χ4n) is 2.30. The lowest BCUT2D eigenvalue weighted by atomic mass is 10.2. The van der Waals surface area contributed by atoms with Crippen LogP contribution >= 0.6 is 22.9 Å². The Morgan fingerprint density at radius 3 is 2.65 bits per heavy atom. The topological polar surface area (TPSA) is 101 Å². The van der Waals surface area contributed by atoms with Crippen LogP contribution in [0.15, 0.2) is 48.5 Å². The number of benzene rings is 2. The van der Waals surface area contributed by atoms with Crippen LogP contribution in [0.3, 0.4) is 0 Å². The maximum atomic E-state index is 12.3. The van der Waals surface area contributed by atoms with Gasteiger partial charge in [0, 0.05) is 27.9 Å². The van der Waals surface area contributed by atoms with E-state index in [1.807, 2.05) is 24.3 Å². The number of thiophene rings is 1. The minimum atomic E-state index is -0.555. The molecule has 1 heterocycles. The van der Waals surface area contributed by atoms with Gasteiger partial charge in [0.15, 0.2) is 0 Å². The van der Waals surface area contributed by atoms with E-state index in [1.54, 1.807) is 0 Å². The lowest BCUT2D eigenvalue weighted by Crippen LogP contribution is -2.32. The smallest absolute Gasteiger partial charge is 0.271 e. The highest BCUT2D eigenvalue weighted by molar-refractivity contribution is 7.21. The molecule has 0 unspecified atom stereocenters. The van der Waals surface area contributed by atoms with Gasteiger partial charge in [-0.1, -0.05) is 35.9 Å². The Balaban J connectivity index is 1.63. The minimum Gasteiger partial charge on any atom is -0.342 e. The average molecular weight is 390 g/mol. The van der Waals surface area contributed by atoms with Crippen molar-refractivity contribution in [1.82, 2.24) is 5.32 Å². The van der Waals surface area contributed by atoms with Gasteiger partial charge >= 0.3 is 0 Å². The molecule has 0 fully saturated rings. The van der Waals surface area contributed by atoms with Crippen molar-refractivity contribution in [2.75, 3.05) is 11.9 Å². The highest BCUT2D eigenvalue weighted by Crippen LogP contribution is 2.34. The van der Waals surface area contributed by atoms with Gasteiger partial charge in [-0.05, 0) is 12.1 Å². The number of nitrogens with zero attached hydrogens (tertiary/aromatic N) is 1. The molecule has 9 heteroatoms.